The van der Waals surface area contributed by atoms with Gasteiger partial charge in [-0.2, -0.15) is 0 Å². The molecule has 1 saturated carbocycles. The maximum Gasteiger partial charge on any atom is 0.126 e. The van der Waals surface area contributed by atoms with Crippen molar-refractivity contribution >= 4 is 5.82 Å². The number of anilines is 1. The SMILES string of the molecule is NCCCNc1cccc(C2CC2)n1. The summed E-state index contributed by atoms with van der Waals surface area (Å²) in [6, 6.07) is 6.21. The van der Waals surface area contributed by atoms with E-state index in [1.807, 2.05) is 6.07 Å². The highest BCUT2D eigenvalue weighted by molar-refractivity contribution is 5.36. The van der Waals surface area contributed by atoms with Crippen LogP contribution in [0.5, 0.6) is 0 Å². The molecule has 14 heavy (non-hydrogen) atoms. The molecule has 76 valence electrons. The molecular formula is C11H17N3. The highest BCUT2D eigenvalue weighted by Crippen LogP contribution is 2.39. The van der Waals surface area contributed by atoms with Gasteiger partial charge in [0.2, 0.25) is 0 Å². The van der Waals surface area contributed by atoms with Crippen molar-refractivity contribution in [3.05, 3.63) is 23.9 Å². The van der Waals surface area contributed by atoms with Gasteiger partial charge in [0.25, 0.3) is 0 Å². The minimum atomic E-state index is 0.728. The second kappa shape index (κ2) is 4.42. The van der Waals surface area contributed by atoms with Crippen LogP contribution >= 0.6 is 0 Å². The van der Waals surface area contributed by atoms with Crippen LogP contribution in [-0.2, 0) is 0 Å². The fraction of sp³-hybridized carbons (Fsp3) is 0.545. The molecule has 1 fully saturated rings. The van der Waals surface area contributed by atoms with Crippen molar-refractivity contribution in [2.75, 3.05) is 18.4 Å². The molecular weight excluding hydrogens is 174 g/mol. The zero-order chi connectivity index (χ0) is 9.80. The first-order valence-electron chi connectivity index (χ1n) is 5.31. The Labute approximate surface area is 84.7 Å². The first-order chi connectivity index (χ1) is 6.90. The predicted octanol–water partition coefficient (Wildman–Crippen LogP) is 1.72. The van der Waals surface area contributed by atoms with Crippen LogP contribution in [0.25, 0.3) is 0 Å². The van der Waals surface area contributed by atoms with E-state index in [2.05, 4.69) is 22.4 Å². The van der Waals surface area contributed by atoms with Crippen molar-refractivity contribution in [3.8, 4) is 0 Å². The molecule has 1 aromatic rings. The quantitative estimate of drug-likeness (QED) is 0.697. The Balaban J connectivity index is 1.92. The third kappa shape index (κ3) is 2.45. The van der Waals surface area contributed by atoms with Gasteiger partial charge >= 0.3 is 0 Å². The normalized spacial score (nSPS) is 15.5. The topological polar surface area (TPSA) is 50.9 Å². The zero-order valence-electron chi connectivity index (χ0n) is 8.37. The van der Waals surface area contributed by atoms with Crippen LogP contribution in [0, 0.1) is 0 Å². The lowest BCUT2D eigenvalue weighted by Crippen LogP contribution is -2.09. The van der Waals surface area contributed by atoms with E-state index in [1.54, 1.807) is 0 Å². The second-order valence-electron chi connectivity index (χ2n) is 3.79. The summed E-state index contributed by atoms with van der Waals surface area (Å²) < 4.78 is 0. The zero-order valence-corrected chi connectivity index (χ0v) is 8.37. The number of nitrogens with zero attached hydrogens (tertiary/aromatic N) is 1. The van der Waals surface area contributed by atoms with Gasteiger partial charge in [0.1, 0.15) is 5.82 Å². The Morgan fingerprint density at radius 3 is 3.00 bits per heavy atom. The molecule has 2 rings (SSSR count). The van der Waals surface area contributed by atoms with Crippen LogP contribution < -0.4 is 11.1 Å². The average Bonchev–Trinajstić information content (AvgIpc) is 3.02. The van der Waals surface area contributed by atoms with Gasteiger partial charge in [-0.3, -0.25) is 0 Å². The first kappa shape index (κ1) is 9.46. The molecule has 0 saturated heterocycles. The lowest BCUT2D eigenvalue weighted by Gasteiger charge is -2.05. The molecule has 1 aliphatic carbocycles. The Bertz CT molecular complexity index is 294. The van der Waals surface area contributed by atoms with Gasteiger partial charge in [0.15, 0.2) is 0 Å². The number of pyridine rings is 1. The smallest absolute Gasteiger partial charge is 0.126 e. The van der Waals surface area contributed by atoms with Crippen molar-refractivity contribution in [1.82, 2.24) is 4.98 Å². The lowest BCUT2D eigenvalue weighted by atomic mass is 10.2. The monoisotopic (exact) mass is 191 g/mol. The van der Waals surface area contributed by atoms with Gasteiger partial charge in [-0.25, -0.2) is 4.98 Å². The number of hydrogen-bond acceptors (Lipinski definition) is 3. The highest BCUT2D eigenvalue weighted by Gasteiger charge is 2.24. The Hall–Kier alpha value is -1.09. The lowest BCUT2D eigenvalue weighted by molar-refractivity contribution is 0.867. The molecule has 3 nitrogen and oxygen atoms in total. The summed E-state index contributed by atoms with van der Waals surface area (Å²) >= 11 is 0. The summed E-state index contributed by atoms with van der Waals surface area (Å²) in [5.41, 5.74) is 6.66. The number of nitrogens with two attached hydrogens (primary N) is 1. The summed E-state index contributed by atoms with van der Waals surface area (Å²) in [4.78, 5) is 4.55. The van der Waals surface area contributed by atoms with Gasteiger partial charge in [0, 0.05) is 18.2 Å². The molecule has 0 unspecified atom stereocenters. The predicted molar refractivity (Wildman–Crippen MR) is 58.4 cm³/mol. The second-order valence-corrected chi connectivity index (χ2v) is 3.79. The number of aromatic nitrogens is 1. The van der Waals surface area contributed by atoms with E-state index >= 15 is 0 Å². The van der Waals surface area contributed by atoms with E-state index in [-0.39, 0.29) is 0 Å². The number of rotatable bonds is 5. The fourth-order valence-electron chi connectivity index (χ4n) is 1.47. The van der Waals surface area contributed by atoms with Crippen LogP contribution in [0.15, 0.2) is 18.2 Å². The van der Waals surface area contributed by atoms with E-state index in [1.165, 1.54) is 18.5 Å². The summed E-state index contributed by atoms with van der Waals surface area (Å²) in [5, 5.41) is 3.28. The minimum absolute atomic E-state index is 0.728. The van der Waals surface area contributed by atoms with E-state index in [4.69, 9.17) is 5.73 Å². The maximum atomic E-state index is 5.42. The molecule has 0 spiro atoms. The largest absolute Gasteiger partial charge is 0.370 e. The summed E-state index contributed by atoms with van der Waals surface area (Å²) in [7, 11) is 0. The van der Waals surface area contributed by atoms with Crippen LogP contribution in [-0.4, -0.2) is 18.1 Å². The summed E-state index contributed by atoms with van der Waals surface area (Å²) in [6.07, 6.45) is 3.61. The van der Waals surface area contributed by atoms with Gasteiger partial charge < -0.3 is 11.1 Å². The third-order valence-corrected chi connectivity index (χ3v) is 2.45. The van der Waals surface area contributed by atoms with Crippen LogP contribution in [0.4, 0.5) is 5.82 Å². The van der Waals surface area contributed by atoms with E-state index < -0.39 is 0 Å². The highest BCUT2D eigenvalue weighted by atomic mass is 15.0. The van der Waals surface area contributed by atoms with Gasteiger partial charge in [-0.1, -0.05) is 6.07 Å². The minimum Gasteiger partial charge on any atom is -0.370 e. The van der Waals surface area contributed by atoms with Gasteiger partial charge in [-0.05, 0) is 37.9 Å². The first-order valence-corrected chi connectivity index (χ1v) is 5.31. The standard InChI is InChI=1S/C11H17N3/c12-7-2-8-13-11-4-1-3-10(14-11)9-5-6-9/h1,3-4,9H,2,5-8,12H2,(H,13,14). The van der Waals surface area contributed by atoms with Crippen LogP contribution in [0.3, 0.4) is 0 Å². The molecule has 0 aliphatic heterocycles. The third-order valence-electron chi connectivity index (χ3n) is 2.45. The molecule has 1 aliphatic rings. The Kier molecular flexibility index (Phi) is 2.99. The number of nitrogens with one attached hydrogen (secondary N) is 1. The molecule has 0 atom stereocenters. The fourth-order valence-corrected chi connectivity index (χ4v) is 1.47. The summed E-state index contributed by atoms with van der Waals surface area (Å²) in [6.45, 7) is 1.65. The van der Waals surface area contributed by atoms with E-state index in [0.29, 0.717) is 0 Å². The average molecular weight is 191 g/mol. The number of hydrogen-bond donors (Lipinski definition) is 2. The van der Waals surface area contributed by atoms with E-state index in [9.17, 15) is 0 Å². The van der Waals surface area contributed by atoms with Crippen molar-refractivity contribution in [2.24, 2.45) is 5.73 Å². The van der Waals surface area contributed by atoms with Crippen LogP contribution in [0.1, 0.15) is 30.9 Å². The molecule has 0 amide bonds. The summed E-state index contributed by atoms with van der Waals surface area (Å²) in [5.74, 6) is 1.72. The maximum absolute atomic E-state index is 5.42. The molecule has 3 heteroatoms. The molecule has 1 aromatic heterocycles. The van der Waals surface area contributed by atoms with Crippen molar-refractivity contribution in [1.29, 1.82) is 0 Å². The van der Waals surface area contributed by atoms with Crippen molar-refractivity contribution in [3.63, 3.8) is 0 Å². The van der Waals surface area contributed by atoms with Crippen LogP contribution in [0.2, 0.25) is 0 Å². The molecule has 0 bridgehead atoms. The van der Waals surface area contributed by atoms with E-state index in [0.717, 1.165) is 31.2 Å². The van der Waals surface area contributed by atoms with Crippen molar-refractivity contribution in [2.45, 2.75) is 25.2 Å². The Morgan fingerprint density at radius 2 is 2.29 bits per heavy atom. The molecule has 1 heterocycles. The Morgan fingerprint density at radius 1 is 1.43 bits per heavy atom. The van der Waals surface area contributed by atoms with Gasteiger partial charge in [0.05, 0.1) is 0 Å². The molecule has 0 radical (unpaired) electrons. The van der Waals surface area contributed by atoms with Gasteiger partial charge in [-0.15, -0.1) is 0 Å². The van der Waals surface area contributed by atoms with Crippen molar-refractivity contribution < 1.29 is 0 Å². The molecule has 0 aromatic carbocycles. The molecule has 3 N–H and O–H groups in total.